The second-order valence-corrected chi connectivity index (χ2v) is 7.86. The van der Waals surface area contributed by atoms with Crippen LogP contribution in [0.1, 0.15) is 128 Å². The van der Waals surface area contributed by atoms with Gasteiger partial charge in [-0.05, 0) is 31.7 Å². The molecule has 0 N–H and O–H groups in total. The Kier molecular flexibility index (Phi) is 14.5. The van der Waals surface area contributed by atoms with Crippen molar-refractivity contribution in [2.75, 3.05) is 0 Å². The van der Waals surface area contributed by atoms with Crippen LogP contribution in [0.5, 0.6) is 0 Å². The van der Waals surface area contributed by atoms with Crippen molar-refractivity contribution in [3.8, 4) is 0 Å². The second-order valence-electron chi connectivity index (χ2n) is 7.86. The van der Waals surface area contributed by atoms with E-state index in [2.05, 4.69) is 26.8 Å². The SMILES string of the molecule is CCCCCCCCCc1cc(CCCCCCCCC)nc(CC)n1. The van der Waals surface area contributed by atoms with E-state index in [1.807, 2.05) is 0 Å². The lowest BCUT2D eigenvalue weighted by Gasteiger charge is -2.08. The highest BCUT2D eigenvalue weighted by atomic mass is 14.9. The monoisotopic (exact) mass is 360 g/mol. The lowest BCUT2D eigenvalue weighted by molar-refractivity contribution is 0.582. The van der Waals surface area contributed by atoms with Crippen LogP contribution in [0.4, 0.5) is 0 Å². The Labute approximate surface area is 163 Å². The molecule has 0 spiro atoms. The lowest BCUT2D eigenvalue weighted by Crippen LogP contribution is -2.03. The summed E-state index contributed by atoms with van der Waals surface area (Å²) in [5.74, 6) is 1.04. The van der Waals surface area contributed by atoms with Crippen LogP contribution < -0.4 is 0 Å². The summed E-state index contributed by atoms with van der Waals surface area (Å²) in [7, 11) is 0. The second kappa shape index (κ2) is 16.3. The van der Waals surface area contributed by atoms with Gasteiger partial charge in [-0.15, -0.1) is 0 Å². The van der Waals surface area contributed by atoms with Gasteiger partial charge in [0, 0.05) is 17.8 Å². The minimum Gasteiger partial charge on any atom is -0.238 e. The largest absolute Gasteiger partial charge is 0.238 e. The average Bonchev–Trinajstić information content (AvgIpc) is 2.66. The molecule has 0 aliphatic rings. The third-order valence-corrected chi connectivity index (χ3v) is 5.27. The van der Waals surface area contributed by atoms with E-state index in [0.29, 0.717) is 0 Å². The van der Waals surface area contributed by atoms with E-state index in [4.69, 9.17) is 9.97 Å². The van der Waals surface area contributed by atoms with Gasteiger partial charge in [-0.3, -0.25) is 0 Å². The number of rotatable bonds is 17. The van der Waals surface area contributed by atoms with Crippen LogP contribution in [0.25, 0.3) is 0 Å². The van der Waals surface area contributed by atoms with Crippen molar-refractivity contribution < 1.29 is 0 Å². The van der Waals surface area contributed by atoms with Gasteiger partial charge in [-0.2, -0.15) is 0 Å². The molecular weight excluding hydrogens is 316 g/mol. The summed E-state index contributed by atoms with van der Waals surface area (Å²) in [5, 5.41) is 0. The zero-order valence-electron chi connectivity index (χ0n) is 18.0. The molecular formula is C24H44N2. The first-order valence-corrected chi connectivity index (χ1v) is 11.7. The lowest BCUT2D eigenvalue weighted by atomic mass is 10.0. The summed E-state index contributed by atoms with van der Waals surface area (Å²) in [5.41, 5.74) is 2.56. The van der Waals surface area contributed by atoms with Crippen molar-refractivity contribution in [2.24, 2.45) is 0 Å². The predicted molar refractivity (Wildman–Crippen MR) is 115 cm³/mol. The molecule has 0 radical (unpaired) electrons. The Balaban J connectivity index is 2.28. The topological polar surface area (TPSA) is 25.8 Å². The third-order valence-electron chi connectivity index (χ3n) is 5.27. The summed E-state index contributed by atoms with van der Waals surface area (Å²) in [4.78, 5) is 9.53. The molecule has 0 aliphatic heterocycles. The molecule has 1 aromatic heterocycles. The molecule has 0 aliphatic carbocycles. The zero-order chi connectivity index (χ0) is 18.9. The number of hydrogen-bond acceptors (Lipinski definition) is 2. The highest BCUT2D eigenvalue weighted by molar-refractivity contribution is 5.12. The van der Waals surface area contributed by atoms with E-state index in [1.165, 1.54) is 101 Å². The number of hydrogen-bond donors (Lipinski definition) is 0. The molecule has 0 atom stereocenters. The van der Waals surface area contributed by atoms with Crippen molar-refractivity contribution in [3.63, 3.8) is 0 Å². The maximum Gasteiger partial charge on any atom is 0.128 e. The fourth-order valence-corrected chi connectivity index (χ4v) is 3.55. The van der Waals surface area contributed by atoms with Crippen molar-refractivity contribution in [1.82, 2.24) is 9.97 Å². The summed E-state index contributed by atoms with van der Waals surface area (Å²) >= 11 is 0. The van der Waals surface area contributed by atoms with E-state index in [0.717, 1.165) is 25.1 Å². The van der Waals surface area contributed by atoms with Gasteiger partial charge in [0.25, 0.3) is 0 Å². The molecule has 0 fully saturated rings. The minimum absolute atomic E-state index is 0.953. The van der Waals surface area contributed by atoms with Crippen molar-refractivity contribution in [1.29, 1.82) is 0 Å². The summed E-state index contributed by atoms with van der Waals surface area (Å²) < 4.78 is 0. The Morgan fingerprint density at radius 2 is 0.923 bits per heavy atom. The van der Waals surface area contributed by atoms with E-state index in [9.17, 15) is 0 Å². The maximum absolute atomic E-state index is 4.77. The van der Waals surface area contributed by atoms with Gasteiger partial charge in [-0.25, -0.2) is 9.97 Å². The van der Waals surface area contributed by atoms with E-state index in [1.54, 1.807) is 0 Å². The molecule has 0 bridgehead atoms. The standard InChI is InChI=1S/C24H44N2/c1-4-7-9-11-13-15-17-19-22-21-23(26-24(6-3)25-22)20-18-16-14-12-10-8-5-2/h21H,4-20H2,1-3H3. The van der Waals surface area contributed by atoms with Gasteiger partial charge in [0.1, 0.15) is 5.82 Å². The van der Waals surface area contributed by atoms with Gasteiger partial charge in [0.15, 0.2) is 0 Å². The van der Waals surface area contributed by atoms with Gasteiger partial charge in [0.05, 0.1) is 0 Å². The minimum atomic E-state index is 0.953. The zero-order valence-corrected chi connectivity index (χ0v) is 18.0. The van der Waals surface area contributed by atoms with Gasteiger partial charge in [-0.1, -0.05) is 97.8 Å². The molecule has 1 aromatic rings. The first-order valence-electron chi connectivity index (χ1n) is 11.7. The van der Waals surface area contributed by atoms with Crippen molar-refractivity contribution >= 4 is 0 Å². The Bertz CT molecular complexity index is 406. The van der Waals surface area contributed by atoms with E-state index < -0.39 is 0 Å². The molecule has 150 valence electrons. The fraction of sp³-hybridized carbons (Fsp3) is 0.833. The Morgan fingerprint density at radius 1 is 0.538 bits per heavy atom. The van der Waals surface area contributed by atoms with Crippen LogP contribution >= 0.6 is 0 Å². The number of unbranched alkanes of at least 4 members (excludes halogenated alkanes) is 12. The molecule has 2 nitrogen and oxygen atoms in total. The maximum atomic E-state index is 4.77. The first-order chi connectivity index (χ1) is 12.8. The van der Waals surface area contributed by atoms with Crippen LogP contribution in [-0.4, -0.2) is 9.97 Å². The van der Waals surface area contributed by atoms with Crippen molar-refractivity contribution in [3.05, 3.63) is 23.3 Å². The molecule has 1 rings (SSSR count). The normalized spacial score (nSPS) is 11.2. The van der Waals surface area contributed by atoms with Crippen LogP contribution in [0.2, 0.25) is 0 Å². The fourth-order valence-electron chi connectivity index (χ4n) is 3.55. The summed E-state index contributed by atoms with van der Waals surface area (Å²) in [6, 6.07) is 2.29. The molecule has 0 saturated carbocycles. The highest BCUT2D eigenvalue weighted by Gasteiger charge is 2.04. The number of aryl methyl sites for hydroxylation is 3. The molecule has 0 saturated heterocycles. The van der Waals surface area contributed by atoms with Crippen molar-refractivity contribution in [2.45, 2.75) is 130 Å². The van der Waals surface area contributed by atoms with Crippen LogP contribution in [-0.2, 0) is 19.3 Å². The summed E-state index contributed by atoms with van der Waals surface area (Å²) in [6.45, 7) is 6.74. The predicted octanol–water partition coefficient (Wildman–Crippen LogP) is 7.63. The molecule has 2 heteroatoms. The van der Waals surface area contributed by atoms with Gasteiger partial charge < -0.3 is 0 Å². The first kappa shape index (κ1) is 23.1. The molecule has 0 amide bonds. The molecule has 0 unspecified atom stereocenters. The smallest absolute Gasteiger partial charge is 0.128 e. The quantitative estimate of drug-likeness (QED) is 0.267. The molecule has 1 heterocycles. The van der Waals surface area contributed by atoms with Crippen LogP contribution in [0, 0.1) is 0 Å². The number of aromatic nitrogens is 2. The number of nitrogens with zero attached hydrogens (tertiary/aromatic N) is 2. The van der Waals surface area contributed by atoms with Crippen LogP contribution in [0.15, 0.2) is 6.07 Å². The summed E-state index contributed by atoms with van der Waals surface area (Å²) in [6.07, 6.45) is 22.3. The van der Waals surface area contributed by atoms with Crippen LogP contribution in [0.3, 0.4) is 0 Å². The van der Waals surface area contributed by atoms with E-state index >= 15 is 0 Å². The molecule has 26 heavy (non-hydrogen) atoms. The highest BCUT2D eigenvalue weighted by Crippen LogP contribution is 2.13. The molecule has 0 aromatic carbocycles. The van der Waals surface area contributed by atoms with Gasteiger partial charge in [0.2, 0.25) is 0 Å². The average molecular weight is 361 g/mol. The Morgan fingerprint density at radius 3 is 1.31 bits per heavy atom. The van der Waals surface area contributed by atoms with Gasteiger partial charge >= 0.3 is 0 Å². The van der Waals surface area contributed by atoms with E-state index in [-0.39, 0.29) is 0 Å². The Hall–Kier alpha value is -0.920. The third kappa shape index (κ3) is 11.6.